The standard InChI is InChI=1S/C23H22Si/c1-4-19-11-15-22(16-12-19)24(3,21-9-7-6-8-10-21)23-17-13-20(5-2)14-18-23/h4-18H,1-2H2,3H3. The van der Waals surface area contributed by atoms with Gasteiger partial charge in [0.25, 0.3) is 0 Å². The quantitative estimate of drug-likeness (QED) is 0.490. The molecule has 24 heavy (non-hydrogen) atoms. The van der Waals surface area contributed by atoms with Crippen molar-refractivity contribution in [3.05, 3.63) is 103 Å². The first-order chi connectivity index (χ1) is 11.7. The molecule has 3 aromatic rings. The summed E-state index contributed by atoms with van der Waals surface area (Å²) in [6.45, 7) is 10.1. The second-order valence-corrected chi connectivity index (χ2v) is 10.1. The molecule has 0 atom stereocenters. The highest BCUT2D eigenvalue weighted by atomic mass is 28.3. The summed E-state index contributed by atoms with van der Waals surface area (Å²) in [4.78, 5) is 0. The van der Waals surface area contributed by atoms with Crippen molar-refractivity contribution in [1.29, 1.82) is 0 Å². The van der Waals surface area contributed by atoms with Gasteiger partial charge in [0.05, 0.1) is 0 Å². The Morgan fingerprint density at radius 1 is 0.583 bits per heavy atom. The van der Waals surface area contributed by atoms with E-state index in [0.29, 0.717) is 0 Å². The maximum atomic E-state index is 3.86. The molecular weight excluding hydrogens is 304 g/mol. The van der Waals surface area contributed by atoms with Gasteiger partial charge in [-0.3, -0.25) is 0 Å². The molecule has 0 nitrogen and oxygen atoms in total. The highest BCUT2D eigenvalue weighted by Crippen LogP contribution is 2.10. The molecule has 0 unspecified atom stereocenters. The second kappa shape index (κ2) is 6.86. The van der Waals surface area contributed by atoms with Gasteiger partial charge < -0.3 is 0 Å². The van der Waals surface area contributed by atoms with Gasteiger partial charge in [-0.25, -0.2) is 0 Å². The van der Waals surface area contributed by atoms with Crippen LogP contribution in [0.4, 0.5) is 0 Å². The molecule has 0 N–H and O–H groups in total. The van der Waals surface area contributed by atoms with Crippen LogP contribution in [0.2, 0.25) is 6.55 Å². The summed E-state index contributed by atoms with van der Waals surface area (Å²) in [5, 5.41) is 4.24. The Kier molecular flexibility index (Phi) is 4.63. The normalized spacial score (nSPS) is 11.0. The van der Waals surface area contributed by atoms with E-state index in [-0.39, 0.29) is 0 Å². The van der Waals surface area contributed by atoms with E-state index in [4.69, 9.17) is 0 Å². The van der Waals surface area contributed by atoms with Crippen molar-refractivity contribution in [2.45, 2.75) is 6.55 Å². The van der Waals surface area contributed by atoms with E-state index in [1.54, 1.807) is 0 Å². The molecule has 0 aromatic heterocycles. The Balaban J connectivity index is 2.19. The summed E-state index contributed by atoms with van der Waals surface area (Å²) in [5.74, 6) is 0. The van der Waals surface area contributed by atoms with Crippen LogP contribution in [0.15, 0.2) is 92.0 Å². The molecule has 0 saturated heterocycles. The van der Waals surface area contributed by atoms with Gasteiger partial charge >= 0.3 is 0 Å². The summed E-state index contributed by atoms with van der Waals surface area (Å²) < 4.78 is 0. The zero-order valence-electron chi connectivity index (χ0n) is 14.1. The summed E-state index contributed by atoms with van der Waals surface area (Å²) in [6.07, 6.45) is 3.79. The Hall–Kier alpha value is -2.64. The van der Waals surface area contributed by atoms with Gasteiger partial charge in [0.1, 0.15) is 8.07 Å². The summed E-state index contributed by atoms with van der Waals surface area (Å²) in [6, 6.07) is 28.6. The zero-order valence-corrected chi connectivity index (χ0v) is 15.1. The highest BCUT2D eigenvalue weighted by molar-refractivity contribution is 7.10. The maximum Gasteiger partial charge on any atom is 0.145 e. The number of hydrogen-bond acceptors (Lipinski definition) is 0. The lowest BCUT2D eigenvalue weighted by Crippen LogP contribution is -2.64. The molecule has 3 rings (SSSR count). The van der Waals surface area contributed by atoms with E-state index in [9.17, 15) is 0 Å². The van der Waals surface area contributed by atoms with Crippen LogP contribution in [0.5, 0.6) is 0 Å². The molecule has 0 amide bonds. The second-order valence-electron chi connectivity index (χ2n) is 6.14. The molecular formula is C23H22Si. The first-order valence-corrected chi connectivity index (χ1v) is 10.7. The molecule has 3 aromatic carbocycles. The van der Waals surface area contributed by atoms with Crippen molar-refractivity contribution in [3.63, 3.8) is 0 Å². The third kappa shape index (κ3) is 2.91. The molecule has 0 fully saturated rings. The Bertz CT molecular complexity index is 776. The van der Waals surface area contributed by atoms with E-state index in [1.807, 2.05) is 12.2 Å². The summed E-state index contributed by atoms with van der Waals surface area (Å²) >= 11 is 0. The van der Waals surface area contributed by atoms with Crippen molar-refractivity contribution in [1.82, 2.24) is 0 Å². The minimum Gasteiger partial charge on any atom is -0.0985 e. The molecule has 0 aliphatic rings. The van der Waals surface area contributed by atoms with Crippen LogP contribution in [-0.4, -0.2) is 8.07 Å². The highest BCUT2D eigenvalue weighted by Gasteiger charge is 2.33. The van der Waals surface area contributed by atoms with Crippen molar-refractivity contribution < 1.29 is 0 Å². The van der Waals surface area contributed by atoms with Crippen molar-refractivity contribution in [2.75, 3.05) is 0 Å². The summed E-state index contributed by atoms with van der Waals surface area (Å²) in [5.41, 5.74) is 2.32. The molecule has 0 spiro atoms. The summed E-state index contributed by atoms with van der Waals surface area (Å²) in [7, 11) is -2.02. The van der Waals surface area contributed by atoms with Gasteiger partial charge in [0.15, 0.2) is 0 Å². The SMILES string of the molecule is C=Cc1ccc([Si](C)(c2ccccc2)c2ccc(C=C)cc2)cc1. The third-order valence-electron chi connectivity index (χ3n) is 4.80. The molecule has 0 saturated carbocycles. The van der Waals surface area contributed by atoms with Crippen LogP contribution in [0.25, 0.3) is 12.2 Å². The van der Waals surface area contributed by atoms with Crippen LogP contribution in [0, 0.1) is 0 Å². The van der Waals surface area contributed by atoms with Crippen molar-refractivity contribution >= 4 is 35.8 Å². The van der Waals surface area contributed by atoms with Crippen LogP contribution in [-0.2, 0) is 0 Å². The molecule has 0 bridgehead atoms. The Morgan fingerprint density at radius 2 is 0.958 bits per heavy atom. The van der Waals surface area contributed by atoms with Crippen LogP contribution >= 0.6 is 0 Å². The fourth-order valence-electron chi connectivity index (χ4n) is 3.18. The minimum atomic E-state index is -2.02. The minimum absolute atomic E-state index is 1.16. The topological polar surface area (TPSA) is 0 Å². The maximum absolute atomic E-state index is 3.86. The van der Waals surface area contributed by atoms with Gasteiger partial charge in [-0.1, -0.05) is 111 Å². The molecule has 0 radical (unpaired) electrons. The van der Waals surface area contributed by atoms with E-state index in [1.165, 1.54) is 15.6 Å². The number of rotatable bonds is 5. The number of hydrogen-bond donors (Lipinski definition) is 0. The molecule has 0 aliphatic carbocycles. The lowest BCUT2D eigenvalue weighted by atomic mass is 10.2. The Morgan fingerprint density at radius 3 is 1.33 bits per heavy atom. The largest absolute Gasteiger partial charge is 0.145 e. The van der Waals surface area contributed by atoms with Crippen molar-refractivity contribution in [2.24, 2.45) is 0 Å². The smallest absolute Gasteiger partial charge is 0.0985 e. The van der Waals surface area contributed by atoms with Gasteiger partial charge in [-0.05, 0) is 26.7 Å². The van der Waals surface area contributed by atoms with Crippen LogP contribution < -0.4 is 15.6 Å². The molecule has 118 valence electrons. The average molecular weight is 327 g/mol. The Labute approximate surface area is 145 Å². The monoisotopic (exact) mass is 326 g/mol. The van der Waals surface area contributed by atoms with E-state index >= 15 is 0 Å². The lowest BCUT2D eigenvalue weighted by Gasteiger charge is -2.29. The first-order valence-electron chi connectivity index (χ1n) is 8.20. The molecule has 0 heterocycles. The fourth-order valence-corrected chi connectivity index (χ4v) is 6.70. The van der Waals surface area contributed by atoms with Gasteiger partial charge in [0, 0.05) is 0 Å². The molecule has 0 aliphatic heterocycles. The van der Waals surface area contributed by atoms with E-state index < -0.39 is 8.07 Å². The van der Waals surface area contributed by atoms with Crippen molar-refractivity contribution in [3.8, 4) is 0 Å². The van der Waals surface area contributed by atoms with E-state index in [0.717, 1.165) is 11.1 Å². The third-order valence-corrected chi connectivity index (χ3v) is 9.26. The van der Waals surface area contributed by atoms with Gasteiger partial charge in [-0.15, -0.1) is 0 Å². The first kappa shape index (κ1) is 16.2. The average Bonchev–Trinajstić information content (AvgIpc) is 2.68. The number of benzene rings is 3. The fraction of sp³-hybridized carbons (Fsp3) is 0.0435. The zero-order chi connectivity index (χ0) is 17.0. The van der Waals surface area contributed by atoms with Gasteiger partial charge in [0.2, 0.25) is 0 Å². The van der Waals surface area contributed by atoms with E-state index in [2.05, 4.69) is 98.6 Å². The van der Waals surface area contributed by atoms with Crippen LogP contribution in [0.3, 0.4) is 0 Å². The van der Waals surface area contributed by atoms with Gasteiger partial charge in [-0.2, -0.15) is 0 Å². The predicted octanol–water partition coefficient (Wildman–Crippen LogP) is 4.07. The lowest BCUT2D eigenvalue weighted by molar-refractivity contribution is 1.64. The van der Waals surface area contributed by atoms with Crippen LogP contribution in [0.1, 0.15) is 11.1 Å². The predicted molar refractivity (Wildman–Crippen MR) is 110 cm³/mol. The molecule has 1 heteroatoms.